The molecule has 0 saturated heterocycles. The van der Waals surface area contributed by atoms with Crippen molar-refractivity contribution in [2.45, 2.75) is 47.5 Å². The lowest BCUT2D eigenvalue weighted by Crippen LogP contribution is -2.27. The van der Waals surface area contributed by atoms with E-state index in [2.05, 4.69) is 10.6 Å². The summed E-state index contributed by atoms with van der Waals surface area (Å²) in [7, 11) is -3.75. The van der Waals surface area contributed by atoms with Gasteiger partial charge >= 0.3 is 0 Å². The predicted octanol–water partition coefficient (Wildman–Crippen LogP) is 3.71. The molecular weight excluding hydrogens is 424 g/mol. The van der Waals surface area contributed by atoms with Gasteiger partial charge in [-0.25, -0.2) is 8.42 Å². The van der Waals surface area contributed by atoms with E-state index in [9.17, 15) is 18.0 Å². The Bertz CT molecular complexity index is 1050. The zero-order valence-electron chi connectivity index (χ0n) is 17.0. The summed E-state index contributed by atoms with van der Waals surface area (Å²) >= 11 is 1.38. The van der Waals surface area contributed by atoms with E-state index < -0.39 is 21.0 Å². The first kappa shape index (κ1) is 22.2. The van der Waals surface area contributed by atoms with E-state index >= 15 is 0 Å². The number of ether oxygens (including phenoxy) is 1. The molecule has 0 radical (unpaired) electrons. The highest BCUT2D eigenvalue weighted by Crippen LogP contribution is 2.37. The van der Waals surface area contributed by atoms with Crippen molar-refractivity contribution in [1.82, 2.24) is 0 Å². The molecule has 2 amide bonds. The summed E-state index contributed by atoms with van der Waals surface area (Å²) < 4.78 is 31.3. The van der Waals surface area contributed by atoms with Crippen molar-refractivity contribution in [1.29, 1.82) is 0 Å². The van der Waals surface area contributed by atoms with Crippen LogP contribution in [0, 0.1) is 0 Å². The Kier molecular flexibility index (Phi) is 6.72. The second-order valence-electron chi connectivity index (χ2n) is 6.97. The van der Waals surface area contributed by atoms with E-state index in [0.717, 1.165) is 4.90 Å². The van der Waals surface area contributed by atoms with Gasteiger partial charge in [0.05, 0.1) is 27.7 Å². The largest absolute Gasteiger partial charge is 0.494 e. The molecule has 0 aromatic heterocycles. The molecule has 0 saturated carbocycles. The Labute approximate surface area is 180 Å². The van der Waals surface area contributed by atoms with Crippen LogP contribution in [0.4, 0.5) is 11.4 Å². The maximum atomic E-state index is 13.0. The molecule has 9 heteroatoms. The van der Waals surface area contributed by atoms with Crippen molar-refractivity contribution >= 4 is 44.8 Å². The quantitative estimate of drug-likeness (QED) is 0.670. The second-order valence-corrected chi connectivity index (χ2v) is 10.7. The number of nitrogens with one attached hydrogen (secondary N) is 2. The molecule has 1 aliphatic heterocycles. The molecule has 1 aliphatic rings. The minimum atomic E-state index is -3.75. The predicted molar refractivity (Wildman–Crippen MR) is 118 cm³/mol. The van der Waals surface area contributed by atoms with Crippen molar-refractivity contribution in [3.8, 4) is 5.75 Å². The van der Waals surface area contributed by atoms with Gasteiger partial charge in [-0.15, -0.1) is 11.8 Å². The van der Waals surface area contributed by atoms with Crippen LogP contribution in [0.1, 0.15) is 27.2 Å². The SMILES string of the molecule is CCOc1ccc(NC(=O)CC(C)S(=O)(=O)c2ccc3c(c2)NC(=O)C(C)S3)cc1. The number of carbonyl (C=O) groups excluding carboxylic acids is 2. The zero-order valence-corrected chi connectivity index (χ0v) is 18.6. The van der Waals surface area contributed by atoms with Crippen molar-refractivity contribution in [2.24, 2.45) is 0 Å². The van der Waals surface area contributed by atoms with Crippen LogP contribution in [0.3, 0.4) is 0 Å². The second kappa shape index (κ2) is 9.09. The van der Waals surface area contributed by atoms with Crippen LogP contribution in [-0.4, -0.2) is 37.3 Å². The Morgan fingerprint density at radius 2 is 1.93 bits per heavy atom. The summed E-state index contributed by atoms with van der Waals surface area (Å²) in [6.07, 6.45) is -0.190. The van der Waals surface area contributed by atoms with Crippen LogP contribution in [0.5, 0.6) is 5.75 Å². The van der Waals surface area contributed by atoms with Gasteiger partial charge < -0.3 is 15.4 Å². The zero-order chi connectivity index (χ0) is 21.9. The van der Waals surface area contributed by atoms with Gasteiger partial charge in [-0.2, -0.15) is 0 Å². The number of sulfone groups is 1. The van der Waals surface area contributed by atoms with Crippen molar-refractivity contribution in [3.63, 3.8) is 0 Å². The van der Waals surface area contributed by atoms with Crippen molar-refractivity contribution in [3.05, 3.63) is 42.5 Å². The lowest BCUT2D eigenvalue weighted by Gasteiger charge is -2.22. The van der Waals surface area contributed by atoms with Gasteiger partial charge in [0.1, 0.15) is 5.75 Å². The third-order valence-electron chi connectivity index (χ3n) is 4.66. The maximum absolute atomic E-state index is 13.0. The van der Waals surface area contributed by atoms with E-state index in [0.29, 0.717) is 23.7 Å². The highest BCUT2D eigenvalue weighted by atomic mass is 32.2. The normalized spacial score (nSPS) is 16.9. The van der Waals surface area contributed by atoms with Crippen molar-refractivity contribution < 1.29 is 22.7 Å². The van der Waals surface area contributed by atoms with Gasteiger partial charge in [0.25, 0.3) is 0 Å². The van der Waals surface area contributed by atoms with Gasteiger partial charge in [0.15, 0.2) is 9.84 Å². The smallest absolute Gasteiger partial charge is 0.237 e. The summed E-state index contributed by atoms with van der Waals surface area (Å²) in [5.74, 6) is 0.134. The summed E-state index contributed by atoms with van der Waals surface area (Å²) in [5.41, 5.74) is 1.05. The van der Waals surface area contributed by atoms with Gasteiger partial charge in [0.2, 0.25) is 11.8 Å². The fourth-order valence-electron chi connectivity index (χ4n) is 2.98. The van der Waals surface area contributed by atoms with Gasteiger partial charge in [-0.05, 0) is 63.2 Å². The highest BCUT2D eigenvalue weighted by molar-refractivity contribution is 8.01. The number of fused-ring (bicyclic) bond motifs is 1. The molecule has 2 N–H and O–H groups in total. The molecule has 2 atom stereocenters. The average molecular weight is 449 g/mol. The number of amides is 2. The summed E-state index contributed by atoms with van der Waals surface area (Å²) in [5, 5.41) is 4.28. The first-order valence-corrected chi connectivity index (χ1v) is 12.0. The minimum absolute atomic E-state index is 0.0815. The standard InChI is InChI=1S/C21H24N2O5S2/c1-4-28-16-7-5-15(6-8-16)22-20(24)11-13(2)30(26,27)17-9-10-19-18(12-17)23-21(25)14(3)29-19/h5-10,12-14H,4,11H2,1-3H3,(H,22,24)(H,23,25). The third-order valence-corrected chi connectivity index (χ3v) is 7.98. The van der Waals surface area contributed by atoms with Gasteiger partial charge in [0, 0.05) is 17.0 Å². The molecule has 0 bridgehead atoms. The molecule has 7 nitrogen and oxygen atoms in total. The summed E-state index contributed by atoms with van der Waals surface area (Å²) in [6.45, 7) is 5.72. The lowest BCUT2D eigenvalue weighted by atomic mass is 10.2. The molecule has 0 spiro atoms. The number of hydrogen-bond donors (Lipinski definition) is 2. The minimum Gasteiger partial charge on any atom is -0.494 e. The van der Waals surface area contributed by atoms with Crippen LogP contribution in [0.25, 0.3) is 0 Å². The first-order chi connectivity index (χ1) is 14.2. The molecule has 2 aromatic carbocycles. The van der Waals surface area contributed by atoms with E-state index in [1.165, 1.54) is 30.8 Å². The summed E-state index contributed by atoms with van der Waals surface area (Å²) in [4.78, 5) is 25.1. The van der Waals surface area contributed by atoms with Crippen LogP contribution in [0.2, 0.25) is 0 Å². The molecular formula is C21H24N2O5S2. The van der Waals surface area contributed by atoms with Crippen LogP contribution in [-0.2, 0) is 19.4 Å². The molecule has 30 heavy (non-hydrogen) atoms. The molecule has 0 fully saturated rings. The molecule has 3 rings (SSSR count). The number of carbonyl (C=O) groups is 2. The van der Waals surface area contributed by atoms with Crippen LogP contribution in [0.15, 0.2) is 52.3 Å². The topological polar surface area (TPSA) is 102 Å². The molecule has 0 aliphatic carbocycles. The fraction of sp³-hybridized carbons (Fsp3) is 0.333. The van der Waals surface area contributed by atoms with E-state index in [1.54, 1.807) is 37.3 Å². The Morgan fingerprint density at radius 1 is 1.23 bits per heavy atom. The fourth-order valence-corrected chi connectivity index (χ4v) is 5.29. The third kappa shape index (κ3) is 4.96. The number of anilines is 2. The van der Waals surface area contributed by atoms with Crippen molar-refractivity contribution in [2.75, 3.05) is 17.2 Å². The Morgan fingerprint density at radius 3 is 2.60 bits per heavy atom. The van der Waals surface area contributed by atoms with E-state index in [1.807, 2.05) is 6.92 Å². The maximum Gasteiger partial charge on any atom is 0.237 e. The summed E-state index contributed by atoms with van der Waals surface area (Å²) in [6, 6.07) is 11.5. The number of rotatable bonds is 7. The van der Waals surface area contributed by atoms with E-state index in [4.69, 9.17) is 4.74 Å². The first-order valence-electron chi connectivity index (χ1n) is 9.59. The van der Waals surface area contributed by atoms with Crippen LogP contribution >= 0.6 is 11.8 Å². The molecule has 160 valence electrons. The van der Waals surface area contributed by atoms with E-state index in [-0.39, 0.29) is 22.5 Å². The highest BCUT2D eigenvalue weighted by Gasteiger charge is 2.29. The Balaban J connectivity index is 1.68. The monoisotopic (exact) mass is 448 g/mol. The number of thioether (sulfide) groups is 1. The molecule has 1 heterocycles. The lowest BCUT2D eigenvalue weighted by molar-refractivity contribution is -0.116. The van der Waals surface area contributed by atoms with Gasteiger partial charge in [-0.3, -0.25) is 9.59 Å². The number of hydrogen-bond acceptors (Lipinski definition) is 6. The molecule has 2 aromatic rings. The van der Waals surface area contributed by atoms with Gasteiger partial charge in [-0.1, -0.05) is 0 Å². The van der Waals surface area contributed by atoms with Crippen LogP contribution < -0.4 is 15.4 Å². The average Bonchev–Trinajstić information content (AvgIpc) is 2.70. The Hall–Kier alpha value is -2.52. The molecule has 2 unspecified atom stereocenters. The number of benzene rings is 2.